The number of carboxylic acid groups (broad SMARTS) is 1. The fourth-order valence-electron chi connectivity index (χ4n) is 1.43. The largest absolute Gasteiger partial charge is 0.480 e. The number of nitrogens with zero attached hydrogens (tertiary/aromatic N) is 1. The van der Waals surface area contributed by atoms with Crippen molar-refractivity contribution in [1.29, 1.82) is 0 Å². The summed E-state index contributed by atoms with van der Waals surface area (Å²) in [4.78, 5) is 9.84. The summed E-state index contributed by atoms with van der Waals surface area (Å²) in [6.07, 6.45) is -4.92. The monoisotopic (exact) mass is 365 g/mol. The standard InChI is InChI=1S/C10H8Cl2F3NO4S/c11-6-2-1-3-7(12)9(6)21(19,20)16(4-8(17)18)5-10(13,14)15/h1-3H,4-5H2,(H,17,18). The van der Waals surface area contributed by atoms with Crippen molar-refractivity contribution in [2.45, 2.75) is 11.1 Å². The lowest BCUT2D eigenvalue weighted by Crippen LogP contribution is -2.42. The zero-order valence-corrected chi connectivity index (χ0v) is 12.4. The Morgan fingerprint density at radius 1 is 1.24 bits per heavy atom. The summed E-state index contributed by atoms with van der Waals surface area (Å²) in [6, 6.07) is 3.54. The molecule has 1 rings (SSSR count). The molecule has 0 radical (unpaired) electrons. The Morgan fingerprint density at radius 2 is 1.71 bits per heavy atom. The van der Waals surface area contributed by atoms with Gasteiger partial charge in [0.2, 0.25) is 10.0 Å². The number of benzene rings is 1. The maximum absolute atomic E-state index is 12.4. The van der Waals surface area contributed by atoms with Crippen molar-refractivity contribution < 1.29 is 31.5 Å². The van der Waals surface area contributed by atoms with Crippen molar-refractivity contribution >= 4 is 39.2 Å². The lowest BCUT2D eigenvalue weighted by Gasteiger charge is -2.22. The molecular weight excluding hydrogens is 358 g/mol. The first-order valence-electron chi connectivity index (χ1n) is 5.18. The first-order valence-corrected chi connectivity index (χ1v) is 7.37. The number of rotatable bonds is 5. The molecule has 0 aliphatic carbocycles. The summed E-state index contributed by atoms with van der Waals surface area (Å²) >= 11 is 11.3. The molecule has 0 saturated heterocycles. The maximum atomic E-state index is 12.4. The third-order valence-electron chi connectivity index (χ3n) is 2.18. The molecule has 118 valence electrons. The van der Waals surface area contributed by atoms with E-state index in [1.807, 2.05) is 0 Å². The van der Waals surface area contributed by atoms with Gasteiger partial charge in [-0.3, -0.25) is 4.79 Å². The Balaban J connectivity index is 3.37. The first kappa shape index (κ1) is 18.0. The third kappa shape index (κ3) is 4.73. The second-order valence-corrected chi connectivity index (χ2v) is 6.52. The van der Waals surface area contributed by atoms with Crippen LogP contribution in [0, 0.1) is 0 Å². The normalized spacial score (nSPS) is 12.7. The topological polar surface area (TPSA) is 74.7 Å². The highest BCUT2D eigenvalue weighted by atomic mass is 35.5. The van der Waals surface area contributed by atoms with Crippen LogP contribution in [0.25, 0.3) is 0 Å². The van der Waals surface area contributed by atoms with Crippen molar-refractivity contribution in [2.24, 2.45) is 0 Å². The fourth-order valence-corrected chi connectivity index (χ4v) is 3.90. The highest BCUT2D eigenvalue weighted by Crippen LogP contribution is 2.32. The number of carboxylic acids is 1. The summed E-state index contributed by atoms with van der Waals surface area (Å²) in [5.41, 5.74) is 0. The van der Waals surface area contributed by atoms with Crippen molar-refractivity contribution in [1.82, 2.24) is 4.31 Å². The van der Waals surface area contributed by atoms with Gasteiger partial charge in [-0.25, -0.2) is 8.42 Å². The van der Waals surface area contributed by atoms with Crippen LogP contribution in [0.15, 0.2) is 23.1 Å². The van der Waals surface area contributed by atoms with Gasteiger partial charge in [-0.05, 0) is 12.1 Å². The molecule has 0 unspecified atom stereocenters. The highest BCUT2D eigenvalue weighted by molar-refractivity contribution is 7.89. The van der Waals surface area contributed by atoms with Crippen LogP contribution < -0.4 is 0 Å². The van der Waals surface area contributed by atoms with Gasteiger partial charge in [0.25, 0.3) is 0 Å². The Hall–Kier alpha value is -1.03. The van der Waals surface area contributed by atoms with Crippen LogP contribution in [0.2, 0.25) is 10.0 Å². The van der Waals surface area contributed by atoms with Crippen molar-refractivity contribution in [2.75, 3.05) is 13.1 Å². The van der Waals surface area contributed by atoms with Crippen molar-refractivity contribution in [3.05, 3.63) is 28.2 Å². The van der Waals surface area contributed by atoms with Crippen LogP contribution in [0.5, 0.6) is 0 Å². The van der Waals surface area contributed by atoms with E-state index in [9.17, 15) is 26.4 Å². The molecule has 0 aliphatic rings. The van der Waals surface area contributed by atoms with E-state index in [0.29, 0.717) is 0 Å². The van der Waals surface area contributed by atoms with Crippen LogP contribution in [0.4, 0.5) is 13.2 Å². The van der Waals surface area contributed by atoms with Gasteiger partial charge < -0.3 is 5.11 Å². The predicted molar refractivity (Wildman–Crippen MR) is 68.9 cm³/mol. The van der Waals surface area contributed by atoms with E-state index in [-0.39, 0.29) is 4.31 Å². The second kappa shape index (κ2) is 6.39. The molecule has 0 fully saturated rings. The lowest BCUT2D eigenvalue weighted by molar-refractivity contribution is -0.146. The number of carbonyl (C=O) groups is 1. The number of halogens is 5. The van der Waals surface area contributed by atoms with Gasteiger partial charge in [0.15, 0.2) is 0 Å². The number of alkyl halides is 3. The Morgan fingerprint density at radius 3 is 2.10 bits per heavy atom. The lowest BCUT2D eigenvalue weighted by atomic mass is 10.4. The molecule has 21 heavy (non-hydrogen) atoms. The van der Waals surface area contributed by atoms with Gasteiger partial charge in [0.05, 0.1) is 10.0 Å². The predicted octanol–water partition coefficient (Wildman–Crippen LogP) is 2.63. The van der Waals surface area contributed by atoms with Gasteiger partial charge in [0.1, 0.15) is 18.0 Å². The first-order chi connectivity index (χ1) is 9.45. The van der Waals surface area contributed by atoms with Gasteiger partial charge in [-0.2, -0.15) is 17.5 Å². The molecule has 0 saturated carbocycles. The van der Waals surface area contributed by atoms with Crippen LogP contribution in [-0.4, -0.2) is 43.1 Å². The molecule has 0 bridgehead atoms. The minimum atomic E-state index is -4.92. The number of hydrogen-bond donors (Lipinski definition) is 1. The molecular formula is C10H8Cl2F3NO4S. The van der Waals surface area contributed by atoms with Gasteiger partial charge >= 0.3 is 12.1 Å². The van der Waals surface area contributed by atoms with E-state index >= 15 is 0 Å². The highest BCUT2D eigenvalue weighted by Gasteiger charge is 2.39. The zero-order chi connectivity index (χ0) is 16.4. The average Bonchev–Trinajstić information content (AvgIpc) is 2.24. The smallest absolute Gasteiger partial charge is 0.402 e. The van der Waals surface area contributed by atoms with E-state index in [1.165, 1.54) is 6.07 Å². The van der Waals surface area contributed by atoms with E-state index in [2.05, 4.69) is 0 Å². The zero-order valence-electron chi connectivity index (χ0n) is 10.1. The molecule has 0 heterocycles. The van der Waals surface area contributed by atoms with Crippen LogP contribution in [0.3, 0.4) is 0 Å². The fraction of sp³-hybridized carbons (Fsp3) is 0.300. The average molecular weight is 366 g/mol. The summed E-state index contributed by atoms with van der Waals surface area (Å²) in [7, 11) is -4.82. The van der Waals surface area contributed by atoms with E-state index in [1.54, 1.807) is 0 Å². The summed E-state index contributed by atoms with van der Waals surface area (Å²) < 4.78 is 61.4. The molecule has 0 aliphatic heterocycles. The summed E-state index contributed by atoms with van der Waals surface area (Å²) in [5.74, 6) is -1.74. The van der Waals surface area contributed by atoms with Gasteiger partial charge in [-0.1, -0.05) is 29.3 Å². The molecule has 1 N–H and O–H groups in total. The second-order valence-electron chi connectivity index (χ2n) is 3.83. The molecule has 0 amide bonds. The Labute approximate surface area is 127 Å². The summed E-state index contributed by atoms with van der Waals surface area (Å²) in [6.45, 7) is -3.34. The van der Waals surface area contributed by atoms with Crippen molar-refractivity contribution in [3.63, 3.8) is 0 Å². The van der Waals surface area contributed by atoms with Gasteiger partial charge in [-0.15, -0.1) is 0 Å². The number of sulfonamides is 1. The summed E-state index contributed by atoms with van der Waals surface area (Å²) in [5, 5.41) is 7.78. The Kier molecular flexibility index (Phi) is 5.48. The SMILES string of the molecule is O=C(O)CN(CC(F)(F)F)S(=O)(=O)c1c(Cl)cccc1Cl. The minimum absolute atomic E-state index is 0.248. The van der Waals surface area contributed by atoms with Crippen LogP contribution in [-0.2, 0) is 14.8 Å². The number of aliphatic carboxylic acids is 1. The quantitative estimate of drug-likeness (QED) is 0.870. The third-order valence-corrected chi connectivity index (χ3v) is 4.93. The molecule has 1 aromatic rings. The molecule has 0 spiro atoms. The van der Waals surface area contributed by atoms with E-state index in [4.69, 9.17) is 28.3 Å². The van der Waals surface area contributed by atoms with Gasteiger partial charge in [0, 0.05) is 0 Å². The molecule has 1 aromatic carbocycles. The van der Waals surface area contributed by atoms with Crippen molar-refractivity contribution in [3.8, 4) is 0 Å². The van der Waals surface area contributed by atoms with Crippen LogP contribution in [0.1, 0.15) is 0 Å². The molecule has 0 atom stereocenters. The minimum Gasteiger partial charge on any atom is -0.480 e. The van der Waals surface area contributed by atoms with E-state index in [0.717, 1.165) is 12.1 Å². The maximum Gasteiger partial charge on any atom is 0.402 e. The molecule has 11 heteroatoms. The molecule has 0 aromatic heterocycles. The number of hydrogen-bond acceptors (Lipinski definition) is 3. The Bertz CT molecular complexity index is 628. The van der Waals surface area contributed by atoms with Crippen LogP contribution >= 0.6 is 23.2 Å². The molecule has 5 nitrogen and oxygen atoms in total. The van der Waals surface area contributed by atoms with E-state index < -0.39 is 50.2 Å².